The minimum atomic E-state index is 0.343. The predicted molar refractivity (Wildman–Crippen MR) is 100 cm³/mol. The second-order valence-electron chi connectivity index (χ2n) is 5.23. The van der Waals surface area contributed by atoms with Gasteiger partial charge in [-0.15, -0.1) is 0 Å². The third-order valence-electron chi connectivity index (χ3n) is 3.24. The number of hydrogen-bond acceptors (Lipinski definition) is 2. The summed E-state index contributed by atoms with van der Waals surface area (Å²) in [4.78, 5) is 10.2. The summed E-state index contributed by atoms with van der Waals surface area (Å²) < 4.78 is 5.52. The molecule has 0 saturated heterocycles. The molecule has 2 heteroatoms. The van der Waals surface area contributed by atoms with Gasteiger partial charge >= 0.3 is 0 Å². The van der Waals surface area contributed by atoms with E-state index in [0.717, 1.165) is 29.9 Å². The molecule has 0 aliphatic carbocycles. The van der Waals surface area contributed by atoms with Crippen LogP contribution in [-0.4, -0.2) is 12.4 Å². The topological polar surface area (TPSA) is 26.3 Å². The van der Waals surface area contributed by atoms with Crippen molar-refractivity contribution in [2.45, 2.75) is 40.0 Å². The van der Waals surface area contributed by atoms with Crippen LogP contribution in [0.15, 0.2) is 54.6 Å². The molecule has 126 valence electrons. The van der Waals surface area contributed by atoms with Crippen LogP contribution in [0.25, 0.3) is 0 Å². The quantitative estimate of drug-likeness (QED) is 0.703. The number of Topliss-reactive ketones (excluding diaryl/α,β-unsaturated/α-hetero) is 1. The van der Waals surface area contributed by atoms with Crippen LogP contribution in [-0.2, 0) is 4.79 Å². The maximum absolute atomic E-state index is 10.2. The van der Waals surface area contributed by atoms with E-state index in [1.807, 2.05) is 68.4 Å². The van der Waals surface area contributed by atoms with Crippen LogP contribution in [0.4, 0.5) is 0 Å². The minimum absolute atomic E-state index is 0.343. The monoisotopic (exact) mass is 322 g/mol. The lowest BCUT2D eigenvalue weighted by Crippen LogP contribution is -1.94. The van der Waals surface area contributed by atoms with Crippen LogP contribution in [0.1, 0.15) is 51.2 Å². The van der Waals surface area contributed by atoms with E-state index in [9.17, 15) is 4.79 Å². The van der Waals surface area contributed by atoms with Crippen molar-refractivity contribution in [1.82, 2.24) is 0 Å². The Morgan fingerprint density at radius 2 is 1.38 bits per heavy atom. The van der Waals surface area contributed by atoms with E-state index in [0.29, 0.717) is 18.6 Å². The van der Waals surface area contributed by atoms with Gasteiger partial charge in [-0.1, -0.05) is 50.8 Å². The molecular weight excluding hydrogens is 296 g/mol. The molecule has 24 heavy (non-hydrogen) atoms. The standard InChI is InChI=1S/C17H16O.C5H10O/c1-2-14-18-17-12-10-16(11-13-17)9-8-15-6-4-3-5-7-15;1-3-5(6)4-2/h3-7,10-13H,2,14H2,1H3;3-4H2,1-2H3. The molecule has 0 heterocycles. The van der Waals surface area contributed by atoms with E-state index < -0.39 is 0 Å². The fourth-order valence-corrected chi connectivity index (χ4v) is 1.77. The third kappa shape index (κ3) is 8.19. The summed E-state index contributed by atoms with van der Waals surface area (Å²) in [6.07, 6.45) is 2.41. The van der Waals surface area contributed by atoms with Gasteiger partial charge in [0.1, 0.15) is 11.5 Å². The summed E-state index contributed by atoms with van der Waals surface area (Å²) in [6, 6.07) is 17.9. The number of carbonyl (C=O) groups is 1. The van der Waals surface area contributed by atoms with Gasteiger partial charge in [0.05, 0.1) is 6.61 Å². The third-order valence-corrected chi connectivity index (χ3v) is 3.24. The molecule has 0 spiro atoms. The largest absolute Gasteiger partial charge is 0.494 e. The molecule has 0 radical (unpaired) electrons. The normalized spacial score (nSPS) is 9.12. The Bertz CT molecular complexity index is 640. The molecule has 2 aromatic carbocycles. The first kappa shape index (κ1) is 19.5. The summed E-state index contributed by atoms with van der Waals surface area (Å²) in [5.74, 6) is 7.52. The SMILES string of the molecule is CCC(=O)CC.CCCOc1ccc(C#Cc2ccccc2)cc1. The number of carbonyl (C=O) groups excluding carboxylic acids is 1. The molecule has 0 saturated carbocycles. The average molecular weight is 322 g/mol. The van der Waals surface area contributed by atoms with Crippen molar-refractivity contribution < 1.29 is 9.53 Å². The fourth-order valence-electron chi connectivity index (χ4n) is 1.77. The van der Waals surface area contributed by atoms with Crippen molar-refractivity contribution in [2.24, 2.45) is 0 Å². The van der Waals surface area contributed by atoms with Gasteiger partial charge in [0.15, 0.2) is 0 Å². The van der Waals surface area contributed by atoms with E-state index in [1.54, 1.807) is 0 Å². The molecule has 2 nitrogen and oxygen atoms in total. The van der Waals surface area contributed by atoms with Gasteiger partial charge in [0.2, 0.25) is 0 Å². The lowest BCUT2D eigenvalue weighted by molar-refractivity contribution is -0.118. The number of hydrogen-bond donors (Lipinski definition) is 0. The fraction of sp³-hybridized carbons (Fsp3) is 0.318. The second-order valence-corrected chi connectivity index (χ2v) is 5.23. The summed E-state index contributed by atoms with van der Waals surface area (Å²) >= 11 is 0. The average Bonchev–Trinajstić information content (AvgIpc) is 2.66. The molecule has 0 bridgehead atoms. The Morgan fingerprint density at radius 3 is 1.83 bits per heavy atom. The predicted octanol–water partition coefficient (Wildman–Crippen LogP) is 5.25. The first-order chi connectivity index (χ1) is 11.7. The van der Waals surface area contributed by atoms with E-state index in [1.165, 1.54) is 0 Å². The van der Waals surface area contributed by atoms with Crippen molar-refractivity contribution in [2.75, 3.05) is 6.61 Å². The number of rotatable bonds is 5. The first-order valence-corrected chi connectivity index (χ1v) is 8.51. The van der Waals surface area contributed by atoms with Crippen LogP contribution < -0.4 is 4.74 Å². The Hall–Kier alpha value is -2.53. The van der Waals surface area contributed by atoms with E-state index in [4.69, 9.17) is 4.74 Å². The molecule has 0 N–H and O–H groups in total. The molecule has 0 fully saturated rings. The van der Waals surface area contributed by atoms with Crippen LogP contribution >= 0.6 is 0 Å². The summed E-state index contributed by atoms with van der Waals surface area (Å²) in [6.45, 7) is 6.62. The molecule has 2 rings (SSSR count). The van der Waals surface area contributed by atoms with Crippen molar-refractivity contribution in [3.05, 3.63) is 65.7 Å². The van der Waals surface area contributed by atoms with Crippen molar-refractivity contribution in [3.8, 4) is 17.6 Å². The number of benzene rings is 2. The van der Waals surface area contributed by atoms with E-state index >= 15 is 0 Å². The zero-order chi connectivity index (χ0) is 17.6. The van der Waals surface area contributed by atoms with Gasteiger partial charge in [0, 0.05) is 24.0 Å². The Kier molecular flexibility index (Phi) is 9.73. The molecular formula is C22H26O2. The minimum Gasteiger partial charge on any atom is -0.494 e. The highest BCUT2D eigenvalue weighted by molar-refractivity contribution is 5.77. The van der Waals surface area contributed by atoms with Crippen LogP contribution in [0.5, 0.6) is 5.75 Å². The van der Waals surface area contributed by atoms with Crippen molar-refractivity contribution in [1.29, 1.82) is 0 Å². The summed E-state index contributed by atoms with van der Waals surface area (Å²) in [5.41, 5.74) is 2.03. The zero-order valence-electron chi connectivity index (χ0n) is 14.8. The first-order valence-electron chi connectivity index (χ1n) is 8.51. The van der Waals surface area contributed by atoms with Crippen LogP contribution in [0, 0.1) is 11.8 Å². The Balaban J connectivity index is 0.000000413. The van der Waals surface area contributed by atoms with Crippen molar-refractivity contribution >= 4 is 5.78 Å². The van der Waals surface area contributed by atoms with E-state index in [-0.39, 0.29) is 0 Å². The highest BCUT2D eigenvalue weighted by Gasteiger charge is 1.92. The number of ketones is 1. The maximum Gasteiger partial charge on any atom is 0.132 e. The highest BCUT2D eigenvalue weighted by Crippen LogP contribution is 2.11. The molecule has 0 amide bonds. The maximum atomic E-state index is 10.2. The lowest BCUT2D eigenvalue weighted by atomic mass is 10.2. The Morgan fingerprint density at radius 1 is 0.833 bits per heavy atom. The highest BCUT2D eigenvalue weighted by atomic mass is 16.5. The van der Waals surface area contributed by atoms with Gasteiger partial charge in [-0.25, -0.2) is 0 Å². The van der Waals surface area contributed by atoms with Gasteiger partial charge in [-0.05, 0) is 42.8 Å². The molecule has 0 aliphatic heterocycles. The molecule has 0 aliphatic rings. The zero-order valence-corrected chi connectivity index (χ0v) is 14.8. The second kappa shape index (κ2) is 12.0. The van der Waals surface area contributed by atoms with Crippen LogP contribution in [0.2, 0.25) is 0 Å². The molecule has 0 atom stereocenters. The van der Waals surface area contributed by atoms with Crippen LogP contribution in [0.3, 0.4) is 0 Å². The molecule has 0 aromatic heterocycles. The Labute approximate surface area is 145 Å². The van der Waals surface area contributed by atoms with Crippen molar-refractivity contribution in [3.63, 3.8) is 0 Å². The summed E-state index contributed by atoms with van der Waals surface area (Å²) in [7, 11) is 0. The smallest absolute Gasteiger partial charge is 0.132 e. The lowest BCUT2D eigenvalue weighted by Gasteiger charge is -2.03. The summed E-state index contributed by atoms with van der Waals surface area (Å²) in [5, 5.41) is 0. The molecule has 0 unspecified atom stereocenters. The van der Waals surface area contributed by atoms with Gasteiger partial charge < -0.3 is 4.74 Å². The van der Waals surface area contributed by atoms with E-state index in [2.05, 4.69) is 18.8 Å². The van der Waals surface area contributed by atoms with Gasteiger partial charge in [0.25, 0.3) is 0 Å². The van der Waals surface area contributed by atoms with Gasteiger partial charge in [-0.2, -0.15) is 0 Å². The molecule has 2 aromatic rings. The van der Waals surface area contributed by atoms with Gasteiger partial charge in [-0.3, -0.25) is 4.79 Å². The number of ether oxygens (including phenoxy) is 1.